The van der Waals surface area contributed by atoms with Crippen LogP contribution in [0.15, 0.2) is 28.8 Å². The third kappa shape index (κ3) is 2.51. The molecule has 1 aromatic heterocycles. The Balaban J connectivity index is 2.20. The topological polar surface area (TPSA) is 68.2 Å². The lowest BCUT2D eigenvalue weighted by atomic mass is 10.1. The van der Waals surface area contributed by atoms with Crippen LogP contribution in [0.25, 0.3) is 0 Å². The van der Waals surface area contributed by atoms with Crippen LogP contribution in [0.2, 0.25) is 0 Å². The summed E-state index contributed by atoms with van der Waals surface area (Å²) in [6.45, 7) is 1.97. The second-order valence-corrected chi connectivity index (χ2v) is 4.36. The van der Waals surface area contributed by atoms with Crippen LogP contribution in [0.5, 0.6) is 0 Å². The van der Waals surface area contributed by atoms with Gasteiger partial charge in [-0.3, -0.25) is 0 Å². The standard InChI is InChI=1S/C13H18N4O/c1-4-11-15-13(16-18-11)12(14)9-5-7-10(8-6-9)17(2)3/h5-8,12H,4,14H2,1-3H3. The molecule has 5 heteroatoms. The molecule has 2 aromatic rings. The summed E-state index contributed by atoms with van der Waals surface area (Å²) in [5, 5.41) is 3.90. The Kier molecular flexibility index (Phi) is 3.62. The normalized spacial score (nSPS) is 12.4. The minimum absolute atomic E-state index is 0.342. The van der Waals surface area contributed by atoms with E-state index in [1.807, 2.05) is 50.2 Å². The average molecular weight is 246 g/mol. The van der Waals surface area contributed by atoms with Crippen LogP contribution in [-0.4, -0.2) is 24.2 Å². The predicted molar refractivity (Wildman–Crippen MR) is 70.5 cm³/mol. The number of hydrogen-bond donors (Lipinski definition) is 1. The molecule has 0 spiro atoms. The molecule has 0 aliphatic rings. The first-order chi connectivity index (χ1) is 8.61. The highest BCUT2D eigenvalue weighted by molar-refractivity contribution is 5.47. The summed E-state index contributed by atoms with van der Waals surface area (Å²) in [7, 11) is 4.00. The van der Waals surface area contributed by atoms with Gasteiger partial charge < -0.3 is 15.2 Å². The zero-order valence-corrected chi connectivity index (χ0v) is 10.9. The quantitative estimate of drug-likeness (QED) is 0.890. The van der Waals surface area contributed by atoms with Gasteiger partial charge in [0, 0.05) is 26.2 Å². The maximum absolute atomic E-state index is 6.11. The fourth-order valence-electron chi connectivity index (χ4n) is 1.67. The largest absolute Gasteiger partial charge is 0.378 e. The smallest absolute Gasteiger partial charge is 0.226 e. The van der Waals surface area contributed by atoms with Gasteiger partial charge in [-0.25, -0.2) is 0 Å². The van der Waals surface area contributed by atoms with E-state index in [0.717, 1.165) is 17.7 Å². The van der Waals surface area contributed by atoms with Gasteiger partial charge in [-0.05, 0) is 17.7 Å². The number of nitrogens with two attached hydrogens (primary N) is 1. The summed E-state index contributed by atoms with van der Waals surface area (Å²) in [5.74, 6) is 1.15. The van der Waals surface area contributed by atoms with Crippen molar-refractivity contribution >= 4 is 5.69 Å². The van der Waals surface area contributed by atoms with E-state index in [1.54, 1.807) is 0 Å². The lowest BCUT2D eigenvalue weighted by Gasteiger charge is -2.14. The fraction of sp³-hybridized carbons (Fsp3) is 0.385. The molecule has 0 radical (unpaired) electrons. The lowest BCUT2D eigenvalue weighted by Crippen LogP contribution is -2.14. The van der Waals surface area contributed by atoms with Crippen LogP contribution in [0.3, 0.4) is 0 Å². The maximum Gasteiger partial charge on any atom is 0.226 e. The van der Waals surface area contributed by atoms with Crippen molar-refractivity contribution in [1.29, 1.82) is 0 Å². The Labute approximate surface area is 107 Å². The van der Waals surface area contributed by atoms with Gasteiger partial charge in [0.2, 0.25) is 5.89 Å². The van der Waals surface area contributed by atoms with Crippen LogP contribution >= 0.6 is 0 Å². The first-order valence-electron chi connectivity index (χ1n) is 5.97. The first-order valence-corrected chi connectivity index (χ1v) is 5.97. The Morgan fingerprint density at radius 2 is 1.94 bits per heavy atom. The molecule has 1 heterocycles. The minimum Gasteiger partial charge on any atom is -0.378 e. The molecule has 0 amide bonds. The number of anilines is 1. The molecule has 0 saturated carbocycles. The molecule has 0 saturated heterocycles. The Hall–Kier alpha value is -1.88. The van der Waals surface area contributed by atoms with Crippen LogP contribution in [-0.2, 0) is 6.42 Å². The Morgan fingerprint density at radius 1 is 1.28 bits per heavy atom. The van der Waals surface area contributed by atoms with Crippen molar-refractivity contribution in [3.05, 3.63) is 41.5 Å². The van der Waals surface area contributed by atoms with Crippen molar-refractivity contribution in [1.82, 2.24) is 10.1 Å². The number of aryl methyl sites for hydroxylation is 1. The molecule has 0 bridgehead atoms. The molecule has 0 aliphatic carbocycles. The monoisotopic (exact) mass is 246 g/mol. The first kappa shape index (κ1) is 12.6. The molecule has 18 heavy (non-hydrogen) atoms. The molecular formula is C13H18N4O. The lowest BCUT2D eigenvalue weighted by molar-refractivity contribution is 0.375. The van der Waals surface area contributed by atoms with Gasteiger partial charge >= 0.3 is 0 Å². The highest BCUT2D eigenvalue weighted by atomic mass is 16.5. The highest BCUT2D eigenvalue weighted by Gasteiger charge is 2.15. The van der Waals surface area contributed by atoms with Crippen molar-refractivity contribution in [3.63, 3.8) is 0 Å². The van der Waals surface area contributed by atoms with Crippen LogP contribution in [0.1, 0.15) is 30.2 Å². The average Bonchev–Trinajstić information content (AvgIpc) is 2.86. The molecule has 0 fully saturated rings. The fourth-order valence-corrected chi connectivity index (χ4v) is 1.67. The second kappa shape index (κ2) is 5.18. The van der Waals surface area contributed by atoms with E-state index >= 15 is 0 Å². The molecular weight excluding hydrogens is 228 g/mol. The Morgan fingerprint density at radius 3 is 2.44 bits per heavy atom. The van der Waals surface area contributed by atoms with Crippen molar-refractivity contribution in [3.8, 4) is 0 Å². The summed E-state index contributed by atoms with van der Waals surface area (Å²) in [6.07, 6.45) is 0.722. The Bertz CT molecular complexity index is 504. The van der Waals surface area contributed by atoms with Gasteiger partial charge in [-0.15, -0.1) is 0 Å². The van der Waals surface area contributed by atoms with Gasteiger partial charge in [-0.1, -0.05) is 24.2 Å². The van der Waals surface area contributed by atoms with Crippen molar-refractivity contribution in [2.24, 2.45) is 5.73 Å². The van der Waals surface area contributed by atoms with Gasteiger partial charge in [0.25, 0.3) is 0 Å². The SMILES string of the molecule is CCc1nc(C(N)c2ccc(N(C)C)cc2)no1. The predicted octanol–water partition coefficient (Wildman–Crippen LogP) is 1.75. The van der Waals surface area contributed by atoms with Gasteiger partial charge in [0.1, 0.15) is 0 Å². The molecule has 1 aromatic carbocycles. The van der Waals surface area contributed by atoms with Gasteiger partial charge in [0.05, 0.1) is 6.04 Å². The molecule has 1 atom stereocenters. The summed E-state index contributed by atoms with van der Waals surface area (Å²) in [5.41, 5.74) is 8.22. The summed E-state index contributed by atoms with van der Waals surface area (Å²) < 4.78 is 5.07. The second-order valence-electron chi connectivity index (χ2n) is 4.36. The summed E-state index contributed by atoms with van der Waals surface area (Å²) in [4.78, 5) is 6.29. The molecule has 2 rings (SSSR count). The number of benzene rings is 1. The summed E-state index contributed by atoms with van der Waals surface area (Å²) >= 11 is 0. The number of aromatic nitrogens is 2. The zero-order valence-electron chi connectivity index (χ0n) is 10.9. The van der Waals surface area contributed by atoms with Crippen molar-refractivity contribution in [2.75, 3.05) is 19.0 Å². The van der Waals surface area contributed by atoms with E-state index in [9.17, 15) is 0 Å². The molecule has 1 unspecified atom stereocenters. The van der Waals surface area contributed by atoms with E-state index in [0.29, 0.717) is 11.7 Å². The van der Waals surface area contributed by atoms with Gasteiger partial charge in [-0.2, -0.15) is 4.98 Å². The van der Waals surface area contributed by atoms with Crippen LogP contribution in [0, 0.1) is 0 Å². The van der Waals surface area contributed by atoms with Crippen LogP contribution < -0.4 is 10.6 Å². The van der Waals surface area contributed by atoms with E-state index < -0.39 is 0 Å². The summed E-state index contributed by atoms with van der Waals surface area (Å²) in [6, 6.07) is 7.68. The maximum atomic E-state index is 6.11. The van der Waals surface area contributed by atoms with E-state index in [4.69, 9.17) is 10.3 Å². The zero-order chi connectivity index (χ0) is 13.1. The van der Waals surface area contributed by atoms with E-state index in [1.165, 1.54) is 0 Å². The minimum atomic E-state index is -0.342. The molecule has 96 valence electrons. The van der Waals surface area contributed by atoms with E-state index in [-0.39, 0.29) is 6.04 Å². The van der Waals surface area contributed by atoms with Gasteiger partial charge in [0.15, 0.2) is 5.82 Å². The third-order valence-electron chi connectivity index (χ3n) is 2.83. The highest BCUT2D eigenvalue weighted by Crippen LogP contribution is 2.20. The molecule has 0 aliphatic heterocycles. The van der Waals surface area contributed by atoms with Crippen molar-refractivity contribution < 1.29 is 4.52 Å². The number of nitrogens with zero attached hydrogens (tertiary/aromatic N) is 3. The van der Waals surface area contributed by atoms with Crippen LogP contribution in [0.4, 0.5) is 5.69 Å². The third-order valence-corrected chi connectivity index (χ3v) is 2.83. The molecule has 5 nitrogen and oxygen atoms in total. The number of hydrogen-bond acceptors (Lipinski definition) is 5. The molecule has 2 N–H and O–H groups in total. The number of rotatable bonds is 4. The van der Waals surface area contributed by atoms with E-state index in [2.05, 4.69) is 10.1 Å². The van der Waals surface area contributed by atoms with Crippen molar-refractivity contribution in [2.45, 2.75) is 19.4 Å².